The molecule has 4 nitrogen and oxygen atoms in total. The Kier molecular flexibility index (Phi) is 4.47. The second-order valence-electron chi connectivity index (χ2n) is 2.60. The number of carbonyl (C=O) groups excluding carboxylic acids is 1. The van der Waals surface area contributed by atoms with Crippen LogP contribution in [0.2, 0.25) is 0 Å². The molecule has 0 aliphatic carbocycles. The van der Waals surface area contributed by atoms with E-state index in [4.69, 9.17) is 9.47 Å². The van der Waals surface area contributed by atoms with E-state index in [0.717, 1.165) is 0 Å². The lowest BCUT2D eigenvalue weighted by atomic mass is 10.3. The Morgan fingerprint density at radius 3 is 2.73 bits per heavy atom. The summed E-state index contributed by atoms with van der Waals surface area (Å²) in [5.74, 6) is 0.418. The molecule has 0 N–H and O–H groups in total. The van der Waals surface area contributed by atoms with Crippen molar-refractivity contribution in [3.05, 3.63) is 30.3 Å². The number of isothiocyanates is 1. The van der Waals surface area contributed by atoms with Gasteiger partial charge in [-0.25, -0.2) is 4.79 Å². The fraction of sp³-hybridized carbons (Fsp3) is 0.200. The van der Waals surface area contributed by atoms with Gasteiger partial charge in [0.05, 0.1) is 5.16 Å². The molecule has 1 rings (SSSR count). The van der Waals surface area contributed by atoms with Crippen LogP contribution in [-0.4, -0.2) is 17.5 Å². The summed E-state index contributed by atoms with van der Waals surface area (Å²) in [5, 5.41) is 2.11. The molecule has 5 heteroatoms. The van der Waals surface area contributed by atoms with Crippen LogP contribution < -0.4 is 4.74 Å². The number of ether oxygens (including phenoxy) is 2. The summed E-state index contributed by atoms with van der Waals surface area (Å²) in [7, 11) is 0. The van der Waals surface area contributed by atoms with Gasteiger partial charge in [0.15, 0.2) is 0 Å². The number of para-hydroxylation sites is 1. The van der Waals surface area contributed by atoms with Gasteiger partial charge in [0.25, 0.3) is 0 Å². The van der Waals surface area contributed by atoms with Gasteiger partial charge < -0.3 is 9.47 Å². The highest BCUT2D eigenvalue weighted by atomic mass is 32.1. The molecule has 0 amide bonds. The highest BCUT2D eigenvalue weighted by molar-refractivity contribution is 7.78. The average Bonchev–Trinajstić information content (AvgIpc) is 2.19. The summed E-state index contributed by atoms with van der Waals surface area (Å²) in [6.07, 6.45) is -1.50. The molecule has 15 heavy (non-hydrogen) atoms. The average molecular weight is 223 g/mol. The lowest BCUT2D eigenvalue weighted by Gasteiger charge is -2.07. The van der Waals surface area contributed by atoms with Crippen molar-refractivity contribution in [1.29, 1.82) is 0 Å². The fourth-order valence-electron chi connectivity index (χ4n) is 0.849. The maximum Gasteiger partial charge on any atom is 0.515 e. The van der Waals surface area contributed by atoms with Crippen molar-refractivity contribution in [2.75, 3.05) is 0 Å². The van der Waals surface area contributed by atoms with Crippen molar-refractivity contribution in [2.45, 2.75) is 13.2 Å². The molecule has 78 valence electrons. The molecular formula is C10H9NO3S. The van der Waals surface area contributed by atoms with Crippen molar-refractivity contribution < 1.29 is 14.3 Å². The van der Waals surface area contributed by atoms with Crippen LogP contribution >= 0.6 is 12.2 Å². The maximum atomic E-state index is 11.1. The summed E-state index contributed by atoms with van der Waals surface area (Å²) >= 11 is 4.36. The van der Waals surface area contributed by atoms with Gasteiger partial charge in [-0.15, -0.1) is 0 Å². The van der Waals surface area contributed by atoms with Gasteiger partial charge in [-0.1, -0.05) is 18.2 Å². The van der Waals surface area contributed by atoms with Crippen molar-refractivity contribution in [1.82, 2.24) is 0 Å². The predicted molar refractivity (Wildman–Crippen MR) is 58.0 cm³/mol. The van der Waals surface area contributed by atoms with Crippen LogP contribution in [0.4, 0.5) is 4.79 Å². The van der Waals surface area contributed by atoms with Crippen molar-refractivity contribution in [3.63, 3.8) is 0 Å². The zero-order valence-corrected chi connectivity index (χ0v) is 8.86. The molecule has 1 unspecified atom stereocenters. The van der Waals surface area contributed by atoms with Crippen LogP contribution in [0, 0.1) is 0 Å². The summed E-state index contributed by atoms with van der Waals surface area (Å²) in [6, 6.07) is 8.61. The molecule has 1 aromatic rings. The number of hydrogen-bond acceptors (Lipinski definition) is 5. The van der Waals surface area contributed by atoms with Crippen LogP contribution in [0.15, 0.2) is 35.3 Å². The first-order valence-corrected chi connectivity index (χ1v) is 4.63. The lowest BCUT2D eigenvalue weighted by molar-refractivity contribution is 0.0697. The quantitative estimate of drug-likeness (QED) is 0.342. The van der Waals surface area contributed by atoms with E-state index in [2.05, 4.69) is 22.4 Å². The summed E-state index contributed by atoms with van der Waals surface area (Å²) in [5.41, 5.74) is 0. The van der Waals surface area contributed by atoms with Crippen LogP contribution in [0.1, 0.15) is 6.92 Å². The van der Waals surface area contributed by atoms with Crippen molar-refractivity contribution >= 4 is 23.5 Å². The minimum absolute atomic E-state index is 0.418. The molecule has 0 aliphatic heterocycles. The molecule has 1 aromatic carbocycles. The van der Waals surface area contributed by atoms with E-state index in [1.807, 2.05) is 6.07 Å². The van der Waals surface area contributed by atoms with E-state index in [1.165, 1.54) is 0 Å². The number of carbonyl (C=O) groups is 1. The van der Waals surface area contributed by atoms with Gasteiger partial charge in [-0.2, -0.15) is 4.99 Å². The number of hydrogen-bond donors (Lipinski definition) is 0. The number of nitrogens with zero attached hydrogens (tertiary/aromatic N) is 1. The van der Waals surface area contributed by atoms with Gasteiger partial charge >= 0.3 is 6.16 Å². The Balaban J connectivity index is 2.46. The number of benzene rings is 1. The largest absolute Gasteiger partial charge is 0.515 e. The molecule has 0 saturated heterocycles. The Morgan fingerprint density at radius 2 is 2.13 bits per heavy atom. The lowest BCUT2D eigenvalue weighted by Crippen LogP contribution is -2.16. The van der Waals surface area contributed by atoms with Gasteiger partial charge in [-0.05, 0) is 31.3 Å². The van der Waals surface area contributed by atoms with E-state index in [0.29, 0.717) is 5.75 Å². The standard InChI is InChI=1S/C10H9NO3S/c1-8(11-7-15)13-10(12)14-9-5-3-2-4-6-9/h2-6,8H,1H3. The maximum absolute atomic E-state index is 11.1. The van der Waals surface area contributed by atoms with E-state index in [-0.39, 0.29) is 0 Å². The van der Waals surface area contributed by atoms with Crippen molar-refractivity contribution in [3.8, 4) is 5.75 Å². The first-order chi connectivity index (χ1) is 7.22. The molecule has 0 saturated carbocycles. The van der Waals surface area contributed by atoms with Crippen LogP contribution in [0.25, 0.3) is 0 Å². The third kappa shape index (κ3) is 4.35. The molecule has 0 spiro atoms. The first-order valence-electron chi connectivity index (χ1n) is 4.23. The molecule has 0 radical (unpaired) electrons. The molecule has 0 fully saturated rings. The molecule has 0 bridgehead atoms. The van der Waals surface area contributed by atoms with E-state index < -0.39 is 12.4 Å². The Morgan fingerprint density at radius 1 is 1.47 bits per heavy atom. The molecule has 1 atom stereocenters. The van der Waals surface area contributed by atoms with E-state index >= 15 is 0 Å². The van der Waals surface area contributed by atoms with Crippen LogP contribution in [-0.2, 0) is 4.74 Å². The number of aliphatic imine (C=N–C) groups is 1. The second-order valence-corrected chi connectivity index (χ2v) is 2.79. The summed E-state index contributed by atoms with van der Waals surface area (Å²) in [6.45, 7) is 1.56. The van der Waals surface area contributed by atoms with Crippen molar-refractivity contribution in [2.24, 2.45) is 4.99 Å². The normalized spacial score (nSPS) is 11.0. The summed E-state index contributed by atoms with van der Waals surface area (Å²) in [4.78, 5) is 14.7. The molecular weight excluding hydrogens is 214 g/mol. The molecule has 0 aromatic heterocycles. The highest BCUT2D eigenvalue weighted by Crippen LogP contribution is 2.09. The first kappa shape index (κ1) is 11.4. The van der Waals surface area contributed by atoms with E-state index in [9.17, 15) is 4.79 Å². The Labute approximate surface area is 92.5 Å². The predicted octanol–water partition coefficient (Wildman–Crippen LogP) is 2.65. The molecule has 0 aliphatic rings. The van der Waals surface area contributed by atoms with Gasteiger partial charge in [0, 0.05) is 0 Å². The fourth-order valence-corrected chi connectivity index (χ4v) is 0.997. The van der Waals surface area contributed by atoms with Crippen LogP contribution in [0.3, 0.4) is 0 Å². The third-order valence-corrected chi connectivity index (χ3v) is 1.55. The third-order valence-electron chi connectivity index (χ3n) is 1.45. The van der Waals surface area contributed by atoms with Gasteiger partial charge in [0.1, 0.15) is 5.75 Å². The van der Waals surface area contributed by atoms with Gasteiger partial charge in [-0.3, -0.25) is 0 Å². The number of rotatable bonds is 3. The minimum atomic E-state index is -0.817. The van der Waals surface area contributed by atoms with Crippen LogP contribution in [0.5, 0.6) is 5.75 Å². The molecule has 0 heterocycles. The summed E-state index contributed by atoms with van der Waals surface area (Å²) < 4.78 is 9.59. The smallest absolute Gasteiger partial charge is 0.408 e. The van der Waals surface area contributed by atoms with Gasteiger partial charge in [0.2, 0.25) is 6.23 Å². The monoisotopic (exact) mass is 223 g/mol. The SMILES string of the molecule is CC(N=C=S)OC(=O)Oc1ccccc1. The highest BCUT2D eigenvalue weighted by Gasteiger charge is 2.09. The zero-order chi connectivity index (χ0) is 11.1. The zero-order valence-electron chi connectivity index (χ0n) is 8.04. The number of thiocarbonyl (C=S) groups is 1. The topological polar surface area (TPSA) is 47.9 Å². The Bertz CT molecular complexity index is 374. The van der Waals surface area contributed by atoms with E-state index in [1.54, 1.807) is 31.2 Å². The Hall–Kier alpha value is -1.71. The second kappa shape index (κ2) is 5.90. The minimum Gasteiger partial charge on any atom is -0.408 e.